The molecule has 10 heteroatoms. The van der Waals surface area contributed by atoms with E-state index in [0.717, 1.165) is 16.9 Å². The molecule has 0 saturated carbocycles. The topological polar surface area (TPSA) is 164 Å². The van der Waals surface area contributed by atoms with E-state index in [0.29, 0.717) is 16.9 Å². The Morgan fingerprint density at radius 1 is 1.18 bits per heavy atom. The first-order valence-corrected chi connectivity index (χ1v) is 9.30. The number of ether oxygens (including phenoxy) is 1. The van der Waals surface area contributed by atoms with Gasteiger partial charge in [-0.1, -0.05) is 24.3 Å². The summed E-state index contributed by atoms with van der Waals surface area (Å²) in [6, 6.07) is 10.8. The van der Waals surface area contributed by atoms with Gasteiger partial charge in [0.05, 0.1) is 24.1 Å². The van der Waals surface area contributed by atoms with E-state index < -0.39 is 13.8 Å². The van der Waals surface area contributed by atoms with E-state index in [-0.39, 0.29) is 5.56 Å². The van der Waals surface area contributed by atoms with Gasteiger partial charge in [0.25, 0.3) is 0 Å². The summed E-state index contributed by atoms with van der Waals surface area (Å²) in [6.45, 7) is 1.98. The number of carboxylic acids is 1. The van der Waals surface area contributed by atoms with Crippen LogP contribution in [0.5, 0.6) is 5.75 Å². The van der Waals surface area contributed by atoms with Crippen LogP contribution in [0.15, 0.2) is 36.4 Å². The van der Waals surface area contributed by atoms with Crippen LogP contribution in [0, 0.1) is 6.92 Å². The van der Waals surface area contributed by atoms with Crippen LogP contribution in [0.25, 0.3) is 23.2 Å². The van der Waals surface area contributed by atoms with Crippen molar-refractivity contribution in [2.45, 2.75) is 6.92 Å². The number of imidazole rings is 1. The van der Waals surface area contributed by atoms with Crippen LogP contribution in [-0.4, -0.2) is 23.0 Å². The zero-order valence-corrected chi connectivity index (χ0v) is 15.8. The highest BCUT2D eigenvalue weighted by molar-refractivity contribution is 7.40. The summed E-state index contributed by atoms with van der Waals surface area (Å²) in [7, 11) is -3.75. The van der Waals surface area contributed by atoms with Crippen molar-refractivity contribution in [1.82, 2.24) is 9.97 Å². The standard InChI is InChI=1S/C18H16N2O3.H3O4P/c1-11-10-12(6-8-15(11)23-2)7-9-16-19-14-5-3-4-13(18(21)22)17(14)20-16;1-5(2,3)4/h3-10H,1-2H3,(H,19,20)(H,21,22);(H3,1,2,3,4)/p-4/b9-7+;. The molecule has 1 heterocycles. The smallest absolute Gasteiger partial charge is 0.131 e. The molecule has 9 nitrogen and oxygen atoms in total. The Bertz CT molecular complexity index is 1060. The van der Waals surface area contributed by atoms with E-state index >= 15 is 0 Å². The van der Waals surface area contributed by atoms with Crippen LogP contribution in [0.3, 0.4) is 0 Å². The Labute approximate surface area is 160 Å². The SMILES string of the molecule is COc1ccc(/C=C/c2nc3c(C(=O)[O-])cccc3[nH]2)cc1C.O=P([O-])([O-])[O-]. The molecule has 0 saturated heterocycles. The van der Waals surface area contributed by atoms with Gasteiger partial charge in [0.2, 0.25) is 0 Å². The number of phosphoric acid groups is 1. The first-order chi connectivity index (χ1) is 13.1. The number of nitrogens with one attached hydrogen (secondary N) is 1. The molecule has 0 atom stereocenters. The summed E-state index contributed by atoms with van der Waals surface area (Å²) in [4.78, 5) is 44.2. The first kappa shape index (κ1) is 21.3. The number of benzene rings is 2. The minimum Gasteiger partial charge on any atom is -0.822 e. The highest BCUT2D eigenvalue weighted by Gasteiger charge is 2.06. The van der Waals surface area contributed by atoms with Gasteiger partial charge >= 0.3 is 0 Å². The number of nitrogens with zero attached hydrogens (tertiary/aromatic N) is 1. The third kappa shape index (κ3) is 6.04. The summed E-state index contributed by atoms with van der Waals surface area (Å²) in [6.07, 6.45) is 3.71. The maximum Gasteiger partial charge on any atom is 0.131 e. The number of rotatable bonds is 4. The molecule has 28 heavy (non-hydrogen) atoms. The molecule has 1 aromatic heterocycles. The predicted octanol–water partition coefficient (Wildman–Crippen LogP) is -0.411. The number of aromatic nitrogens is 2. The van der Waals surface area contributed by atoms with Gasteiger partial charge in [0.15, 0.2) is 0 Å². The van der Waals surface area contributed by atoms with Gasteiger partial charge in [-0.05, 0) is 42.3 Å². The van der Waals surface area contributed by atoms with Gasteiger partial charge in [-0.3, -0.25) is 0 Å². The molecule has 0 aliphatic heterocycles. The minimum atomic E-state index is -5.39. The Hall–Kier alpha value is -2.97. The van der Waals surface area contributed by atoms with E-state index in [1.54, 1.807) is 25.3 Å². The van der Waals surface area contributed by atoms with Crippen molar-refractivity contribution in [3.63, 3.8) is 0 Å². The number of carbonyl (C=O) groups excluding carboxylic acids is 1. The molecule has 0 bridgehead atoms. The predicted molar refractivity (Wildman–Crippen MR) is 94.7 cm³/mol. The Kier molecular flexibility index (Phi) is 6.71. The van der Waals surface area contributed by atoms with Crippen LogP contribution in [0.4, 0.5) is 0 Å². The van der Waals surface area contributed by atoms with E-state index in [4.69, 9.17) is 24.0 Å². The lowest BCUT2D eigenvalue weighted by Gasteiger charge is -2.36. The van der Waals surface area contributed by atoms with Crippen molar-refractivity contribution in [3.8, 4) is 5.75 Å². The molecular weight excluding hydrogens is 387 g/mol. The number of aromatic amines is 1. The molecule has 0 aliphatic rings. The number of H-pyrrole nitrogens is 1. The van der Waals surface area contributed by atoms with Gasteiger partial charge in [0, 0.05) is 5.56 Å². The summed E-state index contributed by atoms with van der Waals surface area (Å²) >= 11 is 0. The number of aromatic carboxylic acids is 1. The second-order valence-electron chi connectivity index (χ2n) is 5.62. The summed E-state index contributed by atoms with van der Waals surface area (Å²) < 4.78 is 13.8. The molecule has 0 unspecified atom stereocenters. The maximum absolute atomic E-state index is 11.1. The van der Waals surface area contributed by atoms with Crippen LogP contribution in [0.2, 0.25) is 0 Å². The lowest BCUT2D eigenvalue weighted by atomic mass is 10.1. The normalized spacial score (nSPS) is 11.3. The van der Waals surface area contributed by atoms with Crippen LogP contribution in [0.1, 0.15) is 27.3 Å². The quantitative estimate of drug-likeness (QED) is 0.575. The monoisotopic (exact) mass is 402 g/mol. The number of para-hydroxylation sites is 1. The number of carboxylic acid groups (broad SMARTS) is 1. The number of fused-ring (bicyclic) bond motifs is 1. The van der Waals surface area contributed by atoms with Crippen molar-refractivity contribution in [3.05, 3.63) is 58.9 Å². The van der Waals surface area contributed by atoms with Crippen molar-refractivity contribution in [2.24, 2.45) is 0 Å². The van der Waals surface area contributed by atoms with E-state index in [1.807, 2.05) is 31.2 Å². The van der Waals surface area contributed by atoms with Crippen LogP contribution in [-0.2, 0) is 4.57 Å². The maximum atomic E-state index is 11.1. The van der Waals surface area contributed by atoms with Gasteiger partial charge < -0.3 is 38.9 Å². The van der Waals surface area contributed by atoms with Crippen molar-refractivity contribution in [2.75, 3.05) is 7.11 Å². The molecule has 3 rings (SSSR count). The fraction of sp³-hybridized carbons (Fsp3) is 0.111. The first-order valence-electron chi connectivity index (χ1n) is 7.84. The summed E-state index contributed by atoms with van der Waals surface area (Å²) in [5.74, 6) is 0.190. The van der Waals surface area contributed by atoms with E-state index in [2.05, 4.69) is 9.97 Å². The Morgan fingerprint density at radius 2 is 1.86 bits per heavy atom. The number of aryl methyl sites for hydroxylation is 1. The largest absolute Gasteiger partial charge is 0.822 e. The van der Waals surface area contributed by atoms with Gasteiger partial charge in [0.1, 0.15) is 11.6 Å². The zero-order valence-electron chi connectivity index (χ0n) is 14.9. The zero-order chi connectivity index (χ0) is 20.9. The van der Waals surface area contributed by atoms with E-state index in [1.165, 1.54) is 6.07 Å². The molecular formula is C18H15N2O7P-4. The molecule has 0 amide bonds. The fourth-order valence-corrected chi connectivity index (χ4v) is 2.48. The lowest BCUT2D eigenvalue weighted by molar-refractivity contribution is -0.432. The third-order valence-electron chi connectivity index (χ3n) is 3.60. The van der Waals surface area contributed by atoms with Gasteiger partial charge in [-0.15, -0.1) is 0 Å². The van der Waals surface area contributed by atoms with Crippen molar-refractivity contribution in [1.29, 1.82) is 0 Å². The molecule has 148 valence electrons. The average molecular weight is 402 g/mol. The molecule has 3 aromatic rings. The lowest BCUT2D eigenvalue weighted by Crippen LogP contribution is -2.24. The summed E-state index contributed by atoms with van der Waals surface area (Å²) in [5, 5.41) is 11.1. The number of hydrogen-bond donors (Lipinski definition) is 1. The highest BCUT2D eigenvalue weighted by atomic mass is 31.2. The van der Waals surface area contributed by atoms with Gasteiger partial charge in [-0.2, -0.15) is 7.82 Å². The third-order valence-corrected chi connectivity index (χ3v) is 3.60. The fourth-order valence-electron chi connectivity index (χ4n) is 2.48. The van der Waals surface area contributed by atoms with E-state index in [9.17, 15) is 9.90 Å². The molecule has 0 fully saturated rings. The summed E-state index contributed by atoms with van der Waals surface area (Å²) in [5.41, 5.74) is 3.19. The number of hydrogen-bond acceptors (Lipinski definition) is 8. The number of methoxy groups -OCH3 is 1. The molecule has 0 radical (unpaired) electrons. The highest BCUT2D eigenvalue weighted by Crippen LogP contribution is 2.21. The second-order valence-corrected chi connectivity index (χ2v) is 6.52. The van der Waals surface area contributed by atoms with Crippen LogP contribution < -0.4 is 24.5 Å². The van der Waals surface area contributed by atoms with Crippen molar-refractivity contribution < 1.29 is 33.9 Å². The molecule has 0 spiro atoms. The minimum absolute atomic E-state index is 0.0821. The second kappa shape index (κ2) is 8.81. The molecule has 1 N–H and O–H groups in total. The Balaban J connectivity index is 0.000000500. The van der Waals surface area contributed by atoms with Crippen LogP contribution >= 0.6 is 7.82 Å². The molecule has 2 aromatic carbocycles. The average Bonchev–Trinajstić information content (AvgIpc) is 3.01. The van der Waals surface area contributed by atoms with Gasteiger partial charge in [-0.25, -0.2) is 4.98 Å². The van der Waals surface area contributed by atoms with Crippen molar-refractivity contribution >= 4 is 37.0 Å². The molecule has 0 aliphatic carbocycles. The Morgan fingerprint density at radius 3 is 2.43 bits per heavy atom. The number of carbonyl (C=O) groups is 1.